The molecule has 5 heteroatoms. The van der Waals surface area contributed by atoms with Crippen molar-refractivity contribution in [3.05, 3.63) is 65.8 Å². The second kappa shape index (κ2) is 4.49. The Hall–Kier alpha value is -2.53. The van der Waals surface area contributed by atoms with Crippen molar-refractivity contribution in [2.24, 2.45) is 10.7 Å². The largest absolute Gasteiger partial charge is 0.315 e. The van der Waals surface area contributed by atoms with Crippen LogP contribution in [0.3, 0.4) is 0 Å². The molecule has 1 aliphatic heterocycles. The summed E-state index contributed by atoms with van der Waals surface area (Å²) in [6.45, 7) is 0.511. The van der Waals surface area contributed by atoms with Gasteiger partial charge >= 0.3 is 0 Å². The number of para-hydroxylation sites is 1. The third-order valence-electron chi connectivity index (χ3n) is 3.88. The Morgan fingerprint density at radius 3 is 2.90 bits per heavy atom. The van der Waals surface area contributed by atoms with E-state index in [0.29, 0.717) is 13.0 Å². The highest BCUT2D eigenvalue weighted by Gasteiger charge is 2.32. The number of benzene rings is 1. The minimum Gasteiger partial charge on any atom is -0.315 e. The number of hydrogen-bond donors (Lipinski definition) is 1. The van der Waals surface area contributed by atoms with E-state index in [0.717, 1.165) is 22.9 Å². The van der Waals surface area contributed by atoms with Crippen LogP contribution in [-0.2, 0) is 12.1 Å². The molecule has 0 saturated heterocycles. The molecule has 5 nitrogen and oxygen atoms in total. The molecule has 21 heavy (non-hydrogen) atoms. The van der Waals surface area contributed by atoms with Gasteiger partial charge in [0.25, 0.3) is 0 Å². The van der Waals surface area contributed by atoms with Crippen molar-refractivity contribution in [3.63, 3.8) is 0 Å². The molecule has 0 amide bonds. The lowest BCUT2D eigenvalue weighted by Crippen LogP contribution is -2.38. The highest BCUT2D eigenvalue weighted by molar-refractivity contribution is 5.85. The summed E-state index contributed by atoms with van der Waals surface area (Å²) in [7, 11) is 0. The van der Waals surface area contributed by atoms with Crippen molar-refractivity contribution < 1.29 is 0 Å². The fourth-order valence-corrected chi connectivity index (χ4v) is 2.80. The van der Waals surface area contributed by atoms with Gasteiger partial charge in [0.1, 0.15) is 0 Å². The van der Waals surface area contributed by atoms with Crippen molar-refractivity contribution in [3.8, 4) is 5.69 Å². The summed E-state index contributed by atoms with van der Waals surface area (Å²) in [5.41, 5.74) is 8.01. The lowest BCUT2D eigenvalue weighted by Gasteiger charge is -2.26. The van der Waals surface area contributed by atoms with Crippen LogP contribution in [0.5, 0.6) is 0 Å². The van der Waals surface area contributed by atoms with E-state index in [-0.39, 0.29) is 0 Å². The molecule has 2 heterocycles. The quantitative estimate of drug-likeness (QED) is 0.865. The molecule has 0 bridgehead atoms. The van der Waals surface area contributed by atoms with Crippen LogP contribution in [0.4, 0.5) is 0 Å². The second-order valence-electron chi connectivity index (χ2n) is 5.34. The molecular weight excluding hydrogens is 262 g/mol. The molecule has 2 N–H and O–H groups in total. The van der Waals surface area contributed by atoms with Gasteiger partial charge < -0.3 is 5.73 Å². The lowest BCUT2D eigenvalue weighted by molar-refractivity contribution is 0.513. The zero-order valence-corrected chi connectivity index (χ0v) is 11.5. The molecule has 1 aromatic heterocycles. The van der Waals surface area contributed by atoms with E-state index < -0.39 is 5.54 Å². The van der Waals surface area contributed by atoms with E-state index in [4.69, 9.17) is 5.73 Å². The van der Waals surface area contributed by atoms with E-state index in [2.05, 4.69) is 27.3 Å². The summed E-state index contributed by atoms with van der Waals surface area (Å²) in [6, 6.07) is 8.10. The van der Waals surface area contributed by atoms with Crippen LogP contribution in [0.25, 0.3) is 5.69 Å². The normalized spacial score (nSPS) is 22.7. The average molecular weight is 277 g/mol. The number of fused-ring (bicyclic) bond motifs is 3. The SMILES string of the molecule is NC1(c2nnc3n2-c2ccccc2C=NC3)C=CC=CC1. The Morgan fingerprint density at radius 1 is 1.14 bits per heavy atom. The molecule has 1 aliphatic carbocycles. The molecule has 1 unspecified atom stereocenters. The molecule has 0 fully saturated rings. The van der Waals surface area contributed by atoms with Crippen molar-refractivity contribution in [1.82, 2.24) is 14.8 Å². The Labute approximate surface area is 122 Å². The van der Waals surface area contributed by atoms with E-state index in [9.17, 15) is 0 Å². The zero-order chi connectivity index (χ0) is 14.3. The highest BCUT2D eigenvalue weighted by Crippen LogP contribution is 2.30. The molecule has 0 spiro atoms. The van der Waals surface area contributed by atoms with E-state index in [1.165, 1.54) is 0 Å². The van der Waals surface area contributed by atoms with Gasteiger partial charge in [0.05, 0.1) is 17.8 Å². The van der Waals surface area contributed by atoms with Crippen LogP contribution in [0.15, 0.2) is 53.6 Å². The fourth-order valence-electron chi connectivity index (χ4n) is 2.80. The van der Waals surface area contributed by atoms with Crippen LogP contribution in [0.1, 0.15) is 23.6 Å². The minimum absolute atomic E-state index is 0.511. The van der Waals surface area contributed by atoms with Gasteiger partial charge in [0, 0.05) is 11.8 Å². The van der Waals surface area contributed by atoms with Gasteiger partial charge in [-0.2, -0.15) is 0 Å². The number of allylic oxidation sites excluding steroid dienone is 2. The Kier molecular flexibility index (Phi) is 2.62. The number of aliphatic imine (C=N–C) groups is 1. The molecule has 2 aromatic rings. The second-order valence-corrected chi connectivity index (χ2v) is 5.34. The predicted molar refractivity (Wildman–Crippen MR) is 81.4 cm³/mol. The standard InChI is InChI=1S/C16H15N5/c17-16(8-4-1-5-9-16)15-20-19-14-11-18-10-12-6-2-3-7-13(12)21(14)15/h1-8,10H,9,11,17H2. The molecule has 0 radical (unpaired) electrons. The molecule has 104 valence electrons. The van der Waals surface area contributed by atoms with Gasteiger partial charge in [0.2, 0.25) is 0 Å². The average Bonchev–Trinajstić information content (AvgIpc) is 2.85. The van der Waals surface area contributed by atoms with Crippen LogP contribution in [-0.4, -0.2) is 21.0 Å². The number of hydrogen-bond acceptors (Lipinski definition) is 4. The van der Waals surface area contributed by atoms with Crippen molar-refractivity contribution in [2.75, 3.05) is 0 Å². The summed E-state index contributed by atoms with van der Waals surface area (Å²) >= 11 is 0. The van der Waals surface area contributed by atoms with Gasteiger partial charge in [-0.15, -0.1) is 10.2 Å². The molecule has 4 rings (SSSR count). The van der Waals surface area contributed by atoms with Crippen LogP contribution in [0, 0.1) is 0 Å². The zero-order valence-electron chi connectivity index (χ0n) is 11.5. The Bertz CT molecular complexity index is 784. The fraction of sp³-hybridized carbons (Fsp3) is 0.188. The van der Waals surface area contributed by atoms with Crippen LogP contribution < -0.4 is 5.73 Å². The Balaban J connectivity index is 1.95. The summed E-state index contributed by atoms with van der Waals surface area (Å²) in [6.07, 6.45) is 10.6. The molecule has 1 aromatic carbocycles. The van der Waals surface area contributed by atoms with Crippen molar-refractivity contribution in [2.45, 2.75) is 18.5 Å². The maximum atomic E-state index is 6.55. The van der Waals surface area contributed by atoms with Gasteiger partial charge in [0.15, 0.2) is 11.6 Å². The summed E-state index contributed by atoms with van der Waals surface area (Å²) in [5.74, 6) is 1.58. The van der Waals surface area contributed by atoms with Gasteiger partial charge in [-0.25, -0.2) is 0 Å². The molecule has 0 saturated carbocycles. The van der Waals surface area contributed by atoms with Gasteiger partial charge in [-0.05, 0) is 12.5 Å². The Morgan fingerprint density at radius 2 is 2.05 bits per heavy atom. The first kappa shape index (κ1) is 12.2. The maximum absolute atomic E-state index is 6.55. The molecular formula is C16H15N5. The monoisotopic (exact) mass is 277 g/mol. The van der Waals surface area contributed by atoms with Crippen molar-refractivity contribution in [1.29, 1.82) is 0 Å². The summed E-state index contributed by atoms with van der Waals surface area (Å²) in [4.78, 5) is 4.41. The van der Waals surface area contributed by atoms with E-state index >= 15 is 0 Å². The summed E-state index contributed by atoms with van der Waals surface area (Å²) < 4.78 is 2.05. The summed E-state index contributed by atoms with van der Waals surface area (Å²) in [5, 5.41) is 8.66. The third kappa shape index (κ3) is 1.86. The lowest BCUT2D eigenvalue weighted by atomic mass is 9.91. The highest BCUT2D eigenvalue weighted by atomic mass is 15.3. The maximum Gasteiger partial charge on any atom is 0.162 e. The topological polar surface area (TPSA) is 69.1 Å². The first-order valence-electron chi connectivity index (χ1n) is 6.95. The first-order valence-corrected chi connectivity index (χ1v) is 6.95. The number of nitrogens with zero attached hydrogens (tertiary/aromatic N) is 4. The van der Waals surface area contributed by atoms with E-state index in [1.807, 2.05) is 47.2 Å². The smallest absolute Gasteiger partial charge is 0.162 e. The molecule has 2 aliphatic rings. The number of nitrogens with two attached hydrogens (primary N) is 1. The molecule has 1 atom stereocenters. The van der Waals surface area contributed by atoms with Crippen molar-refractivity contribution >= 4 is 6.21 Å². The van der Waals surface area contributed by atoms with Crippen LogP contribution in [0.2, 0.25) is 0 Å². The first-order chi connectivity index (χ1) is 10.3. The number of rotatable bonds is 1. The minimum atomic E-state index is -0.628. The van der Waals surface area contributed by atoms with Gasteiger partial charge in [-0.3, -0.25) is 9.56 Å². The van der Waals surface area contributed by atoms with Crippen LogP contribution >= 0.6 is 0 Å². The number of aromatic nitrogens is 3. The third-order valence-corrected chi connectivity index (χ3v) is 3.88. The van der Waals surface area contributed by atoms with E-state index in [1.54, 1.807) is 0 Å². The van der Waals surface area contributed by atoms with Gasteiger partial charge in [-0.1, -0.05) is 42.5 Å². The predicted octanol–water partition coefficient (Wildman–Crippen LogP) is 1.87.